The van der Waals surface area contributed by atoms with Crippen molar-refractivity contribution in [2.75, 3.05) is 33.3 Å². The fraction of sp³-hybridized carbons (Fsp3) is 0.550. The number of ether oxygens (including phenoxy) is 1. The van der Waals surface area contributed by atoms with E-state index in [9.17, 15) is 4.79 Å². The van der Waals surface area contributed by atoms with E-state index < -0.39 is 0 Å². The van der Waals surface area contributed by atoms with Gasteiger partial charge in [0.1, 0.15) is 5.75 Å². The number of nitrogens with one attached hydrogen (secondary N) is 1. The van der Waals surface area contributed by atoms with Crippen LogP contribution in [0.25, 0.3) is 0 Å². The number of para-hydroxylation sites is 1. The lowest BCUT2D eigenvalue weighted by molar-refractivity contribution is 0.0781. The third-order valence-corrected chi connectivity index (χ3v) is 5.12. The second kappa shape index (κ2) is 10.4. The van der Waals surface area contributed by atoms with Crippen molar-refractivity contribution < 1.29 is 9.53 Å². The van der Waals surface area contributed by atoms with Crippen molar-refractivity contribution in [2.45, 2.75) is 39.2 Å². The van der Waals surface area contributed by atoms with Crippen LogP contribution in [-0.2, 0) is 0 Å². The van der Waals surface area contributed by atoms with Crippen LogP contribution in [0.2, 0.25) is 0 Å². The summed E-state index contributed by atoms with van der Waals surface area (Å²) in [4.78, 5) is 14.4. The molecule has 2 aromatic rings. The van der Waals surface area contributed by atoms with Gasteiger partial charge >= 0.3 is 0 Å². The predicted octanol–water partition coefficient (Wildman–Crippen LogP) is 2.78. The maximum Gasteiger partial charge on any atom is 0.276 e. The highest BCUT2D eigenvalue weighted by Crippen LogP contribution is 2.21. The maximum absolute atomic E-state index is 12.7. The predicted molar refractivity (Wildman–Crippen MR) is 111 cm³/mol. The molecule has 1 saturated heterocycles. The van der Waals surface area contributed by atoms with Crippen LogP contribution < -0.4 is 10.1 Å². The summed E-state index contributed by atoms with van der Waals surface area (Å²) in [6, 6.07) is 8.28. The number of rotatable bonds is 7. The van der Waals surface area contributed by atoms with Crippen LogP contribution in [0.4, 0.5) is 0 Å². The summed E-state index contributed by atoms with van der Waals surface area (Å²) in [7, 11) is 1.80. The SMILES string of the molecule is Cc1ccccc1OCCCN(C)C(=O)c1nnn(C2CCNCC2)c1C.Cl. The molecule has 1 aliphatic rings. The zero-order chi connectivity index (χ0) is 19.2. The normalized spacial score (nSPS) is 14.4. The standard InChI is InChI=1S/C20H29N5O2.ClH/c1-15-7-4-5-8-18(15)27-14-6-13-24(3)20(26)19-16(2)25(23-22-19)17-9-11-21-12-10-17;/h4-5,7-8,17,21H,6,9-14H2,1-3H3;1H. The van der Waals surface area contributed by atoms with E-state index in [0.717, 1.165) is 49.4 Å². The molecule has 8 heteroatoms. The van der Waals surface area contributed by atoms with Gasteiger partial charge in [-0.2, -0.15) is 0 Å². The highest BCUT2D eigenvalue weighted by atomic mass is 35.5. The molecule has 0 spiro atoms. The van der Waals surface area contributed by atoms with E-state index in [1.165, 1.54) is 0 Å². The molecule has 1 N–H and O–H groups in total. The van der Waals surface area contributed by atoms with E-state index in [2.05, 4.69) is 15.6 Å². The fourth-order valence-corrected chi connectivity index (χ4v) is 3.42. The average molecular weight is 408 g/mol. The van der Waals surface area contributed by atoms with Gasteiger partial charge in [0.2, 0.25) is 0 Å². The van der Waals surface area contributed by atoms with E-state index in [0.29, 0.717) is 24.9 Å². The third kappa shape index (κ3) is 5.23. The highest BCUT2D eigenvalue weighted by molar-refractivity contribution is 5.93. The molecule has 0 radical (unpaired) electrons. The first-order valence-electron chi connectivity index (χ1n) is 9.64. The minimum atomic E-state index is -0.0800. The Morgan fingerprint density at radius 2 is 2.00 bits per heavy atom. The number of carbonyl (C=O) groups excluding carboxylic acids is 1. The number of nitrogens with zero attached hydrogens (tertiary/aromatic N) is 4. The molecule has 0 aliphatic carbocycles. The molecule has 0 atom stereocenters. The van der Waals surface area contributed by atoms with Crippen molar-refractivity contribution in [3.8, 4) is 5.75 Å². The lowest BCUT2D eigenvalue weighted by atomic mass is 10.1. The van der Waals surface area contributed by atoms with Crippen molar-refractivity contribution in [3.63, 3.8) is 0 Å². The van der Waals surface area contributed by atoms with Gasteiger partial charge in [-0.1, -0.05) is 23.4 Å². The highest BCUT2D eigenvalue weighted by Gasteiger charge is 2.24. The number of carbonyl (C=O) groups is 1. The summed E-state index contributed by atoms with van der Waals surface area (Å²) in [5.74, 6) is 0.816. The first-order valence-corrected chi connectivity index (χ1v) is 9.64. The number of halogens is 1. The first-order chi connectivity index (χ1) is 13.1. The zero-order valence-corrected chi connectivity index (χ0v) is 17.7. The van der Waals surface area contributed by atoms with E-state index in [1.807, 2.05) is 42.8 Å². The van der Waals surface area contributed by atoms with Crippen LogP contribution in [0.3, 0.4) is 0 Å². The molecule has 1 aromatic heterocycles. The molecule has 1 aromatic carbocycles. The van der Waals surface area contributed by atoms with Gasteiger partial charge in [0.05, 0.1) is 18.3 Å². The second-order valence-electron chi connectivity index (χ2n) is 7.14. The number of hydrogen-bond acceptors (Lipinski definition) is 5. The van der Waals surface area contributed by atoms with Crippen molar-refractivity contribution >= 4 is 18.3 Å². The number of benzene rings is 1. The Labute approximate surface area is 172 Å². The summed E-state index contributed by atoms with van der Waals surface area (Å²) in [6.45, 7) is 7.11. The summed E-state index contributed by atoms with van der Waals surface area (Å²) in [5.41, 5.74) is 2.43. The van der Waals surface area contributed by atoms with Crippen molar-refractivity contribution in [2.24, 2.45) is 0 Å². The Bertz CT molecular complexity index is 774. The molecule has 0 unspecified atom stereocenters. The Morgan fingerprint density at radius 3 is 2.71 bits per heavy atom. The monoisotopic (exact) mass is 407 g/mol. The number of hydrogen-bond donors (Lipinski definition) is 1. The smallest absolute Gasteiger partial charge is 0.276 e. The molecule has 28 heavy (non-hydrogen) atoms. The molecule has 7 nitrogen and oxygen atoms in total. The van der Waals surface area contributed by atoms with Crippen LogP contribution in [-0.4, -0.2) is 59.1 Å². The summed E-state index contributed by atoms with van der Waals surface area (Å²) in [6.07, 6.45) is 2.80. The molecule has 2 heterocycles. The minimum Gasteiger partial charge on any atom is -0.493 e. The van der Waals surface area contributed by atoms with Crippen molar-refractivity contribution in [1.29, 1.82) is 0 Å². The summed E-state index contributed by atoms with van der Waals surface area (Å²) >= 11 is 0. The van der Waals surface area contributed by atoms with Gasteiger partial charge in [0.25, 0.3) is 5.91 Å². The fourth-order valence-electron chi connectivity index (χ4n) is 3.42. The van der Waals surface area contributed by atoms with Crippen LogP contribution in [0.15, 0.2) is 24.3 Å². The summed E-state index contributed by atoms with van der Waals surface area (Å²) < 4.78 is 7.72. The number of aromatic nitrogens is 3. The molecule has 0 saturated carbocycles. The van der Waals surface area contributed by atoms with Crippen molar-refractivity contribution in [3.05, 3.63) is 41.2 Å². The third-order valence-electron chi connectivity index (χ3n) is 5.12. The van der Waals surface area contributed by atoms with Gasteiger partial charge in [0.15, 0.2) is 5.69 Å². The topological polar surface area (TPSA) is 72.3 Å². The molecule has 0 bridgehead atoms. The molecular formula is C20H30ClN5O2. The maximum atomic E-state index is 12.7. The Morgan fingerprint density at radius 1 is 1.29 bits per heavy atom. The lowest BCUT2D eigenvalue weighted by Crippen LogP contribution is -2.31. The van der Waals surface area contributed by atoms with Gasteiger partial charge in [-0.25, -0.2) is 4.68 Å². The van der Waals surface area contributed by atoms with E-state index in [1.54, 1.807) is 11.9 Å². The zero-order valence-electron chi connectivity index (χ0n) is 16.9. The summed E-state index contributed by atoms with van der Waals surface area (Å²) in [5, 5.41) is 11.8. The average Bonchev–Trinajstić information content (AvgIpc) is 3.07. The van der Waals surface area contributed by atoms with Crippen molar-refractivity contribution in [1.82, 2.24) is 25.2 Å². The van der Waals surface area contributed by atoms with Crippen LogP contribution in [0.5, 0.6) is 5.75 Å². The van der Waals surface area contributed by atoms with E-state index in [4.69, 9.17) is 4.74 Å². The number of amides is 1. The molecule has 1 amide bonds. The van der Waals surface area contributed by atoms with Crippen LogP contribution >= 0.6 is 12.4 Å². The molecular weight excluding hydrogens is 378 g/mol. The molecule has 3 rings (SSSR count). The Kier molecular flexibility index (Phi) is 8.26. The lowest BCUT2D eigenvalue weighted by Gasteiger charge is -2.23. The van der Waals surface area contributed by atoms with Gasteiger partial charge < -0.3 is 15.0 Å². The largest absolute Gasteiger partial charge is 0.493 e. The van der Waals surface area contributed by atoms with E-state index in [-0.39, 0.29) is 18.3 Å². The van der Waals surface area contributed by atoms with Crippen LogP contribution in [0, 0.1) is 13.8 Å². The number of piperidine rings is 1. The second-order valence-corrected chi connectivity index (χ2v) is 7.14. The molecule has 154 valence electrons. The Balaban J connectivity index is 0.00000280. The van der Waals surface area contributed by atoms with Gasteiger partial charge in [-0.05, 0) is 57.8 Å². The quantitative estimate of drug-likeness (QED) is 0.714. The number of aryl methyl sites for hydroxylation is 1. The van der Waals surface area contributed by atoms with Gasteiger partial charge in [0, 0.05) is 13.6 Å². The molecule has 1 aliphatic heterocycles. The van der Waals surface area contributed by atoms with Gasteiger partial charge in [-0.3, -0.25) is 4.79 Å². The first kappa shape index (κ1) is 22.2. The Hall–Kier alpha value is -2.12. The molecule has 1 fully saturated rings. The minimum absolute atomic E-state index is 0. The van der Waals surface area contributed by atoms with Crippen LogP contribution in [0.1, 0.15) is 47.1 Å². The van der Waals surface area contributed by atoms with Gasteiger partial charge in [-0.15, -0.1) is 17.5 Å². The van der Waals surface area contributed by atoms with E-state index >= 15 is 0 Å².